The quantitative estimate of drug-likeness (QED) is 0.766. The molecule has 1 aromatic rings. The highest BCUT2D eigenvalue weighted by atomic mass is 32.2. The smallest absolute Gasteiger partial charge is 0.347 e. The van der Waals surface area contributed by atoms with Crippen LogP contribution >= 0.6 is 23.1 Å². The molecule has 0 spiro atoms. The number of aromatic nitrogens is 1. The minimum atomic E-state index is -2.94. The van der Waals surface area contributed by atoms with Gasteiger partial charge in [-0.25, -0.2) is 18.2 Å². The van der Waals surface area contributed by atoms with Crippen molar-refractivity contribution in [2.24, 2.45) is 0 Å². The van der Waals surface area contributed by atoms with Crippen molar-refractivity contribution in [1.82, 2.24) is 10.3 Å². The van der Waals surface area contributed by atoms with Crippen molar-refractivity contribution in [2.75, 3.05) is 17.3 Å². The summed E-state index contributed by atoms with van der Waals surface area (Å²) in [5, 5.41) is 12.3. The lowest BCUT2D eigenvalue weighted by Crippen LogP contribution is -2.29. The molecule has 2 N–H and O–H groups in total. The summed E-state index contributed by atoms with van der Waals surface area (Å²) in [7, 11) is -2.94. The highest BCUT2D eigenvalue weighted by Gasteiger charge is 2.28. The number of nitrogens with zero attached hydrogens (tertiary/aromatic N) is 1. The van der Waals surface area contributed by atoms with Crippen LogP contribution in [0.15, 0.2) is 0 Å². The van der Waals surface area contributed by atoms with Crippen LogP contribution in [0.5, 0.6) is 0 Å². The van der Waals surface area contributed by atoms with Crippen molar-refractivity contribution in [2.45, 2.75) is 31.6 Å². The first-order valence-electron chi connectivity index (χ1n) is 7.00. The molecule has 0 bridgehead atoms. The minimum Gasteiger partial charge on any atom is -0.477 e. The Hall–Kier alpha value is -1.13. The van der Waals surface area contributed by atoms with E-state index >= 15 is 0 Å². The number of carboxylic acids is 1. The van der Waals surface area contributed by atoms with E-state index in [0.717, 1.165) is 11.3 Å². The number of amides is 1. The molecule has 23 heavy (non-hydrogen) atoms. The number of aryl methyl sites for hydroxylation is 1. The van der Waals surface area contributed by atoms with Crippen molar-refractivity contribution >= 4 is 44.8 Å². The number of hydrogen-bond acceptors (Lipinski definition) is 7. The van der Waals surface area contributed by atoms with Crippen LogP contribution in [0.2, 0.25) is 0 Å². The Morgan fingerprint density at radius 3 is 2.74 bits per heavy atom. The third-order valence-electron chi connectivity index (χ3n) is 3.40. The van der Waals surface area contributed by atoms with E-state index in [1.807, 2.05) is 0 Å². The van der Waals surface area contributed by atoms with Crippen LogP contribution in [0.1, 0.15) is 39.8 Å². The maximum absolute atomic E-state index is 11.9. The topological polar surface area (TPSA) is 113 Å². The summed E-state index contributed by atoms with van der Waals surface area (Å²) in [6, 6.07) is -0.382. The first-order chi connectivity index (χ1) is 10.7. The largest absolute Gasteiger partial charge is 0.477 e. The number of thioether (sulfide) groups is 1. The van der Waals surface area contributed by atoms with Crippen molar-refractivity contribution in [1.29, 1.82) is 0 Å². The summed E-state index contributed by atoms with van der Waals surface area (Å²) in [5.74, 6) is -0.729. The first-order valence-corrected chi connectivity index (χ1v) is 10.7. The van der Waals surface area contributed by atoms with Gasteiger partial charge >= 0.3 is 5.97 Å². The normalized spacial score (nSPS) is 21.0. The Balaban J connectivity index is 1.85. The van der Waals surface area contributed by atoms with Crippen molar-refractivity contribution in [3.63, 3.8) is 0 Å². The van der Waals surface area contributed by atoms with Crippen LogP contribution in [-0.2, 0) is 14.6 Å². The fourth-order valence-corrected chi connectivity index (χ4v) is 6.59. The second-order valence-electron chi connectivity index (χ2n) is 5.40. The molecule has 2 rings (SSSR count). The van der Waals surface area contributed by atoms with Gasteiger partial charge in [0.2, 0.25) is 5.91 Å². The number of hydrogen-bond donors (Lipinski definition) is 2. The van der Waals surface area contributed by atoms with E-state index in [0.29, 0.717) is 17.1 Å². The maximum atomic E-state index is 11.9. The Bertz CT molecular complexity index is 713. The van der Waals surface area contributed by atoms with E-state index in [4.69, 9.17) is 5.11 Å². The number of carbonyl (C=O) groups excluding carboxylic acids is 1. The van der Waals surface area contributed by atoms with E-state index < -0.39 is 15.8 Å². The Kier molecular flexibility index (Phi) is 5.69. The lowest BCUT2D eigenvalue weighted by Gasteiger charge is -2.12. The summed E-state index contributed by atoms with van der Waals surface area (Å²) >= 11 is 2.39. The molecule has 0 aliphatic carbocycles. The molecule has 2 unspecified atom stereocenters. The summed E-state index contributed by atoms with van der Waals surface area (Å²) < 4.78 is 22.7. The zero-order valence-electron chi connectivity index (χ0n) is 12.7. The van der Waals surface area contributed by atoms with Gasteiger partial charge in [-0.15, -0.1) is 23.1 Å². The van der Waals surface area contributed by atoms with Gasteiger partial charge in [0, 0.05) is 5.25 Å². The summed E-state index contributed by atoms with van der Waals surface area (Å²) in [6.45, 7) is 3.36. The summed E-state index contributed by atoms with van der Waals surface area (Å²) in [4.78, 5) is 27.3. The SMILES string of the molecule is Cc1nc(C(C)NC(=O)CSC2CCS(=O)(=O)C2)sc1C(=O)O. The Labute approximate surface area is 142 Å². The third kappa shape index (κ3) is 4.92. The van der Waals surface area contributed by atoms with E-state index in [9.17, 15) is 18.0 Å². The number of carboxylic acid groups (broad SMARTS) is 1. The van der Waals surface area contributed by atoms with Crippen molar-refractivity contribution < 1.29 is 23.1 Å². The second kappa shape index (κ2) is 7.18. The maximum Gasteiger partial charge on any atom is 0.347 e. The van der Waals surface area contributed by atoms with Crippen LogP contribution in [0, 0.1) is 6.92 Å². The summed E-state index contributed by atoms with van der Waals surface area (Å²) in [6.07, 6.45) is 0.587. The van der Waals surface area contributed by atoms with Gasteiger partial charge in [0.15, 0.2) is 9.84 Å². The number of sulfone groups is 1. The lowest BCUT2D eigenvalue weighted by molar-refractivity contribution is -0.119. The molecule has 2 heterocycles. The van der Waals surface area contributed by atoms with Gasteiger partial charge in [-0.05, 0) is 20.3 Å². The van der Waals surface area contributed by atoms with Gasteiger partial charge in [-0.3, -0.25) is 4.79 Å². The second-order valence-corrected chi connectivity index (χ2v) is 9.95. The van der Waals surface area contributed by atoms with Crippen LogP contribution in [0.25, 0.3) is 0 Å². The van der Waals surface area contributed by atoms with Gasteiger partial charge in [-0.1, -0.05) is 0 Å². The monoisotopic (exact) mass is 378 g/mol. The molecule has 10 heteroatoms. The zero-order chi connectivity index (χ0) is 17.2. The summed E-state index contributed by atoms with van der Waals surface area (Å²) in [5.41, 5.74) is 0.434. The molecule has 1 aromatic heterocycles. The average molecular weight is 378 g/mol. The molecule has 0 saturated carbocycles. The average Bonchev–Trinajstić information content (AvgIpc) is 2.99. The van der Waals surface area contributed by atoms with Gasteiger partial charge in [-0.2, -0.15) is 0 Å². The standard InChI is InChI=1S/C13H18N2O5S3/c1-7-11(13(17)18)22-12(15-7)8(2)14-10(16)5-21-9-3-4-23(19,20)6-9/h8-9H,3-6H2,1-2H3,(H,14,16)(H,17,18). The first kappa shape index (κ1) is 18.2. The number of thiazole rings is 1. The molecule has 1 saturated heterocycles. The predicted octanol–water partition coefficient (Wildman–Crippen LogP) is 1.25. The molecule has 128 valence electrons. The third-order valence-corrected chi connectivity index (χ3v) is 8.01. The van der Waals surface area contributed by atoms with Crippen molar-refractivity contribution in [3.8, 4) is 0 Å². The van der Waals surface area contributed by atoms with E-state index in [1.54, 1.807) is 13.8 Å². The number of rotatable bonds is 6. The number of nitrogens with one attached hydrogen (secondary N) is 1. The fourth-order valence-electron chi connectivity index (χ4n) is 2.23. The van der Waals surface area contributed by atoms with Crippen LogP contribution in [0.4, 0.5) is 0 Å². The zero-order valence-corrected chi connectivity index (χ0v) is 15.2. The Morgan fingerprint density at radius 1 is 1.52 bits per heavy atom. The molecular formula is C13H18N2O5S3. The minimum absolute atomic E-state index is 0.0261. The van der Waals surface area contributed by atoms with E-state index in [1.165, 1.54) is 11.8 Å². The van der Waals surface area contributed by atoms with Crippen LogP contribution in [0.3, 0.4) is 0 Å². The molecule has 7 nitrogen and oxygen atoms in total. The molecule has 1 amide bonds. The van der Waals surface area contributed by atoms with Gasteiger partial charge < -0.3 is 10.4 Å². The van der Waals surface area contributed by atoms with Crippen LogP contribution in [-0.4, -0.2) is 52.9 Å². The predicted molar refractivity (Wildman–Crippen MR) is 89.9 cm³/mol. The Morgan fingerprint density at radius 2 is 2.22 bits per heavy atom. The number of aromatic carboxylic acids is 1. The molecular weight excluding hydrogens is 360 g/mol. The van der Waals surface area contributed by atoms with E-state index in [2.05, 4.69) is 10.3 Å². The van der Waals surface area contributed by atoms with Crippen LogP contribution < -0.4 is 5.32 Å². The fraction of sp³-hybridized carbons (Fsp3) is 0.615. The molecule has 1 fully saturated rings. The molecule has 1 aliphatic rings. The van der Waals surface area contributed by atoms with E-state index in [-0.39, 0.29) is 39.3 Å². The molecule has 1 aliphatic heterocycles. The van der Waals surface area contributed by atoms with Gasteiger partial charge in [0.1, 0.15) is 9.88 Å². The highest BCUT2D eigenvalue weighted by Crippen LogP contribution is 2.25. The van der Waals surface area contributed by atoms with Gasteiger partial charge in [0.05, 0.1) is 29.0 Å². The lowest BCUT2D eigenvalue weighted by atomic mass is 10.3. The molecule has 0 radical (unpaired) electrons. The molecule has 0 aromatic carbocycles. The van der Waals surface area contributed by atoms with Crippen molar-refractivity contribution in [3.05, 3.63) is 15.6 Å². The number of carbonyl (C=O) groups is 2. The highest BCUT2D eigenvalue weighted by molar-refractivity contribution is 8.02. The molecule has 2 atom stereocenters. The van der Waals surface area contributed by atoms with Gasteiger partial charge in [0.25, 0.3) is 0 Å².